The lowest BCUT2D eigenvalue weighted by atomic mass is 10.1. The number of carboxylic acid groups (broad SMARTS) is 1. The van der Waals surface area contributed by atoms with Gasteiger partial charge >= 0.3 is 12.0 Å². The molecule has 2 aromatic rings. The lowest BCUT2D eigenvalue weighted by Crippen LogP contribution is -2.36. The van der Waals surface area contributed by atoms with Gasteiger partial charge in [0.05, 0.1) is 11.6 Å². The normalized spacial score (nSPS) is 20.2. The summed E-state index contributed by atoms with van der Waals surface area (Å²) in [6.45, 7) is 0. The fourth-order valence-corrected chi connectivity index (χ4v) is 3.69. The maximum absolute atomic E-state index is 12.2. The topological polar surface area (TPSA) is 78.4 Å². The minimum Gasteiger partial charge on any atom is -0.481 e. The van der Waals surface area contributed by atoms with Crippen molar-refractivity contribution in [2.45, 2.75) is 25.3 Å². The summed E-state index contributed by atoms with van der Waals surface area (Å²) < 4.78 is 0. The molecule has 3 rings (SSSR count). The fraction of sp³-hybridized carbons (Fsp3) is 0.294. The quantitative estimate of drug-likeness (QED) is 0.798. The van der Waals surface area contributed by atoms with Crippen LogP contribution in [-0.2, 0) is 4.79 Å². The van der Waals surface area contributed by atoms with Crippen LogP contribution in [0.2, 0.25) is 0 Å². The van der Waals surface area contributed by atoms with Crippen LogP contribution in [0.4, 0.5) is 10.5 Å². The summed E-state index contributed by atoms with van der Waals surface area (Å²) in [6.07, 6.45) is 1.82. The van der Waals surface area contributed by atoms with Crippen LogP contribution >= 0.6 is 11.3 Å². The van der Waals surface area contributed by atoms with Gasteiger partial charge in [-0.3, -0.25) is 4.79 Å². The Morgan fingerprint density at radius 3 is 2.65 bits per heavy atom. The van der Waals surface area contributed by atoms with Gasteiger partial charge in [0.2, 0.25) is 0 Å². The first-order valence-corrected chi connectivity index (χ1v) is 8.44. The first-order valence-electron chi connectivity index (χ1n) is 7.56. The van der Waals surface area contributed by atoms with Crippen molar-refractivity contribution in [1.82, 2.24) is 5.32 Å². The van der Waals surface area contributed by atoms with Crippen molar-refractivity contribution in [3.63, 3.8) is 0 Å². The van der Waals surface area contributed by atoms with Crippen molar-refractivity contribution in [2.75, 3.05) is 5.32 Å². The van der Waals surface area contributed by atoms with E-state index in [2.05, 4.69) is 10.6 Å². The number of carbonyl (C=O) groups excluding carboxylic acids is 1. The molecule has 1 heterocycles. The van der Waals surface area contributed by atoms with Gasteiger partial charge in [0, 0.05) is 16.5 Å². The van der Waals surface area contributed by atoms with Gasteiger partial charge in [-0.15, -0.1) is 11.3 Å². The molecule has 0 saturated heterocycles. The van der Waals surface area contributed by atoms with Crippen molar-refractivity contribution in [3.8, 4) is 10.4 Å². The molecule has 23 heavy (non-hydrogen) atoms. The Balaban J connectivity index is 1.64. The van der Waals surface area contributed by atoms with E-state index in [1.807, 2.05) is 41.8 Å². The van der Waals surface area contributed by atoms with Gasteiger partial charge in [-0.1, -0.05) is 24.3 Å². The van der Waals surface area contributed by atoms with Gasteiger partial charge in [0.15, 0.2) is 0 Å². The fourth-order valence-electron chi connectivity index (χ4n) is 2.92. The molecule has 0 unspecified atom stereocenters. The van der Waals surface area contributed by atoms with E-state index < -0.39 is 5.97 Å². The highest BCUT2D eigenvalue weighted by Gasteiger charge is 2.30. The summed E-state index contributed by atoms with van der Waals surface area (Å²) in [6, 6.07) is 11.3. The summed E-state index contributed by atoms with van der Waals surface area (Å²) in [4.78, 5) is 24.3. The summed E-state index contributed by atoms with van der Waals surface area (Å²) in [5.41, 5.74) is 1.73. The Labute approximate surface area is 138 Å². The molecule has 1 aromatic carbocycles. The number of para-hydroxylation sites is 1. The molecular weight excluding hydrogens is 312 g/mol. The average molecular weight is 330 g/mol. The van der Waals surface area contributed by atoms with Crippen LogP contribution < -0.4 is 10.6 Å². The predicted octanol–water partition coefficient (Wildman–Crippen LogP) is 3.79. The number of amides is 2. The number of carboxylic acids is 1. The summed E-state index contributed by atoms with van der Waals surface area (Å²) in [5.74, 6) is -1.13. The van der Waals surface area contributed by atoms with Gasteiger partial charge < -0.3 is 15.7 Å². The lowest BCUT2D eigenvalue weighted by molar-refractivity contribution is -0.141. The number of urea groups is 1. The van der Waals surface area contributed by atoms with E-state index in [4.69, 9.17) is 5.11 Å². The Hall–Kier alpha value is -2.34. The van der Waals surface area contributed by atoms with Crippen LogP contribution in [0.5, 0.6) is 0 Å². The summed E-state index contributed by atoms with van der Waals surface area (Å²) in [5, 5.41) is 16.8. The lowest BCUT2D eigenvalue weighted by Gasteiger charge is -2.15. The number of rotatable bonds is 4. The van der Waals surface area contributed by atoms with E-state index in [9.17, 15) is 9.59 Å². The molecule has 0 bridgehead atoms. The van der Waals surface area contributed by atoms with Crippen LogP contribution in [-0.4, -0.2) is 23.1 Å². The van der Waals surface area contributed by atoms with Crippen molar-refractivity contribution < 1.29 is 14.7 Å². The Morgan fingerprint density at radius 2 is 1.96 bits per heavy atom. The highest BCUT2D eigenvalue weighted by Crippen LogP contribution is 2.31. The maximum atomic E-state index is 12.2. The largest absolute Gasteiger partial charge is 0.481 e. The van der Waals surface area contributed by atoms with E-state index in [-0.39, 0.29) is 18.0 Å². The van der Waals surface area contributed by atoms with Gasteiger partial charge in [0.1, 0.15) is 0 Å². The minimum absolute atomic E-state index is 0.0787. The number of hydrogen-bond acceptors (Lipinski definition) is 3. The second-order valence-corrected chi connectivity index (χ2v) is 6.61. The number of benzene rings is 1. The molecule has 1 aliphatic rings. The molecule has 0 spiro atoms. The molecule has 3 N–H and O–H groups in total. The standard InChI is InChI=1S/C17H18N2O3S/c20-16(21)11-7-8-12(10-11)18-17(22)19-14-5-2-1-4-13(14)15-6-3-9-23-15/h1-6,9,11-12H,7-8,10H2,(H,20,21)(H2,18,19,22)/t11-,12+/m1/s1. The second-order valence-electron chi connectivity index (χ2n) is 5.67. The third-order valence-corrected chi connectivity index (χ3v) is 4.98. The highest BCUT2D eigenvalue weighted by molar-refractivity contribution is 7.13. The molecule has 1 fully saturated rings. The maximum Gasteiger partial charge on any atom is 0.319 e. The summed E-state index contributed by atoms with van der Waals surface area (Å²) >= 11 is 1.62. The smallest absolute Gasteiger partial charge is 0.319 e. The van der Waals surface area contributed by atoms with Gasteiger partial charge in [-0.2, -0.15) is 0 Å². The van der Waals surface area contributed by atoms with Crippen LogP contribution in [0.3, 0.4) is 0 Å². The van der Waals surface area contributed by atoms with Crippen molar-refractivity contribution >= 4 is 29.0 Å². The third-order valence-electron chi connectivity index (χ3n) is 4.08. The van der Waals surface area contributed by atoms with Crippen LogP contribution in [0.1, 0.15) is 19.3 Å². The van der Waals surface area contributed by atoms with E-state index in [0.717, 1.165) is 16.1 Å². The number of anilines is 1. The predicted molar refractivity (Wildman–Crippen MR) is 90.7 cm³/mol. The Kier molecular flexibility index (Phi) is 4.62. The molecule has 2 atom stereocenters. The van der Waals surface area contributed by atoms with Crippen LogP contribution in [0, 0.1) is 5.92 Å². The van der Waals surface area contributed by atoms with E-state index in [1.165, 1.54) is 0 Å². The molecule has 5 nitrogen and oxygen atoms in total. The molecule has 120 valence electrons. The second kappa shape index (κ2) is 6.83. The monoisotopic (exact) mass is 330 g/mol. The number of carbonyl (C=O) groups is 2. The van der Waals surface area contributed by atoms with Gasteiger partial charge in [0.25, 0.3) is 0 Å². The molecule has 1 aliphatic carbocycles. The SMILES string of the molecule is O=C(Nc1ccccc1-c1cccs1)N[C@H]1CC[C@@H](C(=O)O)C1. The van der Waals surface area contributed by atoms with Crippen molar-refractivity contribution in [3.05, 3.63) is 41.8 Å². The zero-order valence-corrected chi connectivity index (χ0v) is 13.3. The highest BCUT2D eigenvalue weighted by atomic mass is 32.1. The van der Waals surface area contributed by atoms with Crippen LogP contribution in [0.15, 0.2) is 41.8 Å². The molecule has 6 heteroatoms. The van der Waals surface area contributed by atoms with Gasteiger partial charge in [-0.25, -0.2) is 4.79 Å². The molecule has 2 amide bonds. The van der Waals surface area contributed by atoms with Crippen molar-refractivity contribution in [1.29, 1.82) is 0 Å². The first-order chi connectivity index (χ1) is 11.1. The average Bonchev–Trinajstić information content (AvgIpc) is 3.19. The minimum atomic E-state index is -0.780. The Bertz CT molecular complexity index is 700. The number of nitrogens with one attached hydrogen (secondary N) is 2. The summed E-state index contributed by atoms with van der Waals surface area (Å²) in [7, 11) is 0. The zero-order chi connectivity index (χ0) is 16.2. The number of hydrogen-bond donors (Lipinski definition) is 3. The molecule has 0 aliphatic heterocycles. The van der Waals surface area contributed by atoms with Crippen LogP contribution in [0.25, 0.3) is 10.4 Å². The number of thiophene rings is 1. The van der Waals surface area contributed by atoms with Gasteiger partial charge in [-0.05, 0) is 36.8 Å². The van der Waals surface area contributed by atoms with Crippen molar-refractivity contribution in [2.24, 2.45) is 5.92 Å². The molecule has 1 saturated carbocycles. The number of aliphatic carboxylic acids is 1. The first kappa shape index (κ1) is 15.6. The van der Waals surface area contributed by atoms with E-state index in [1.54, 1.807) is 11.3 Å². The molecule has 0 radical (unpaired) electrons. The zero-order valence-electron chi connectivity index (χ0n) is 12.5. The molecule has 1 aromatic heterocycles. The van der Waals surface area contributed by atoms with E-state index in [0.29, 0.717) is 19.3 Å². The van der Waals surface area contributed by atoms with E-state index >= 15 is 0 Å². The third kappa shape index (κ3) is 3.71. The Morgan fingerprint density at radius 1 is 1.13 bits per heavy atom. The molecular formula is C17H18N2O3S.